The van der Waals surface area contributed by atoms with Gasteiger partial charge in [0.2, 0.25) is 0 Å². The Morgan fingerprint density at radius 1 is 1.38 bits per heavy atom. The molecule has 0 spiro atoms. The third-order valence-electron chi connectivity index (χ3n) is 1.97. The van der Waals surface area contributed by atoms with E-state index in [1.165, 1.54) is 18.2 Å². The summed E-state index contributed by atoms with van der Waals surface area (Å²) in [7, 11) is 0. The van der Waals surface area contributed by atoms with Crippen molar-refractivity contribution in [2.45, 2.75) is 13.8 Å². The molecular formula is C12H12O4. The van der Waals surface area contributed by atoms with E-state index in [9.17, 15) is 9.59 Å². The molecule has 0 fully saturated rings. The van der Waals surface area contributed by atoms with E-state index in [2.05, 4.69) is 6.58 Å². The van der Waals surface area contributed by atoms with Crippen LogP contribution in [0.2, 0.25) is 0 Å². The predicted octanol–water partition coefficient (Wildman–Crippen LogP) is 2.17. The first-order chi connectivity index (χ1) is 7.41. The first-order valence-electron chi connectivity index (χ1n) is 4.63. The number of hydrogen-bond donors (Lipinski definition) is 1. The normalized spacial score (nSPS) is 9.62. The van der Waals surface area contributed by atoms with Gasteiger partial charge in [0.25, 0.3) is 0 Å². The number of ether oxygens (including phenoxy) is 1. The van der Waals surface area contributed by atoms with Gasteiger partial charge in [-0.1, -0.05) is 6.58 Å². The van der Waals surface area contributed by atoms with Crippen LogP contribution >= 0.6 is 0 Å². The molecule has 0 aliphatic carbocycles. The van der Waals surface area contributed by atoms with Crippen molar-refractivity contribution >= 4 is 11.9 Å². The van der Waals surface area contributed by atoms with Crippen molar-refractivity contribution in [3.8, 4) is 5.75 Å². The monoisotopic (exact) mass is 220 g/mol. The highest BCUT2D eigenvalue weighted by atomic mass is 16.5. The zero-order valence-electron chi connectivity index (χ0n) is 9.11. The van der Waals surface area contributed by atoms with E-state index in [0.29, 0.717) is 16.9 Å². The third-order valence-corrected chi connectivity index (χ3v) is 1.97. The lowest BCUT2D eigenvalue weighted by Gasteiger charge is -2.07. The summed E-state index contributed by atoms with van der Waals surface area (Å²) in [5.41, 5.74) is 1.05. The minimum atomic E-state index is -1.01. The molecule has 1 aromatic rings. The number of aromatic carboxylic acids is 1. The molecule has 0 amide bonds. The van der Waals surface area contributed by atoms with Crippen LogP contribution in [0.15, 0.2) is 30.4 Å². The number of carbonyl (C=O) groups excluding carboxylic acids is 1. The second-order valence-corrected chi connectivity index (χ2v) is 3.46. The van der Waals surface area contributed by atoms with Crippen molar-refractivity contribution in [2.75, 3.05) is 0 Å². The van der Waals surface area contributed by atoms with Gasteiger partial charge in [-0.25, -0.2) is 9.59 Å². The Bertz CT molecular complexity index is 460. The summed E-state index contributed by atoms with van der Waals surface area (Å²) in [6.45, 7) is 6.68. The Hall–Kier alpha value is -2.10. The SMILES string of the molecule is C=C(C)C(=O)Oc1ccc(C(=O)O)cc1C. The molecule has 0 saturated heterocycles. The summed E-state index contributed by atoms with van der Waals surface area (Å²) in [6.07, 6.45) is 0. The molecule has 0 bridgehead atoms. The molecule has 1 aromatic carbocycles. The van der Waals surface area contributed by atoms with Crippen LogP contribution in [-0.2, 0) is 4.79 Å². The zero-order chi connectivity index (χ0) is 12.3. The molecule has 0 aromatic heterocycles. The average Bonchev–Trinajstić information content (AvgIpc) is 2.20. The Kier molecular flexibility index (Phi) is 3.45. The molecule has 1 rings (SSSR count). The number of carboxylic acids is 1. The maximum atomic E-state index is 11.2. The van der Waals surface area contributed by atoms with E-state index in [1.807, 2.05) is 0 Å². The van der Waals surface area contributed by atoms with Crippen LogP contribution in [0, 0.1) is 6.92 Å². The van der Waals surface area contributed by atoms with Gasteiger partial charge in [0.1, 0.15) is 5.75 Å². The molecule has 0 unspecified atom stereocenters. The third kappa shape index (κ3) is 2.70. The smallest absolute Gasteiger partial charge is 0.338 e. The number of rotatable bonds is 3. The van der Waals surface area contributed by atoms with Gasteiger partial charge < -0.3 is 9.84 Å². The Labute approximate surface area is 93.2 Å². The molecule has 0 radical (unpaired) electrons. The van der Waals surface area contributed by atoms with Crippen LogP contribution in [0.25, 0.3) is 0 Å². The van der Waals surface area contributed by atoms with Gasteiger partial charge >= 0.3 is 11.9 Å². The summed E-state index contributed by atoms with van der Waals surface area (Å²) in [6, 6.07) is 4.29. The molecular weight excluding hydrogens is 208 g/mol. The lowest BCUT2D eigenvalue weighted by molar-refractivity contribution is -0.130. The summed E-state index contributed by atoms with van der Waals surface area (Å²) in [4.78, 5) is 21.9. The van der Waals surface area contributed by atoms with E-state index in [-0.39, 0.29) is 5.56 Å². The van der Waals surface area contributed by atoms with Gasteiger partial charge in [-0.3, -0.25) is 0 Å². The summed E-state index contributed by atoms with van der Waals surface area (Å²) in [5, 5.41) is 8.75. The molecule has 84 valence electrons. The van der Waals surface area contributed by atoms with Crippen molar-refractivity contribution in [3.63, 3.8) is 0 Å². The largest absolute Gasteiger partial charge is 0.478 e. The maximum Gasteiger partial charge on any atom is 0.338 e. The Morgan fingerprint density at radius 3 is 2.44 bits per heavy atom. The highest BCUT2D eigenvalue weighted by Crippen LogP contribution is 2.20. The van der Waals surface area contributed by atoms with Crippen LogP contribution in [0.3, 0.4) is 0 Å². The van der Waals surface area contributed by atoms with E-state index < -0.39 is 11.9 Å². The minimum absolute atomic E-state index is 0.160. The quantitative estimate of drug-likeness (QED) is 0.481. The lowest BCUT2D eigenvalue weighted by atomic mass is 10.1. The standard InChI is InChI=1S/C12H12O4/c1-7(2)12(15)16-10-5-4-9(11(13)14)6-8(10)3/h4-6H,1H2,2-3H3,(H,13,14). The van der Waals surface area contributed by atoms with E-state index in [4.69, 9.17) is 9.84 Å². The van der Waals surface area contributed by atoms with Crippen molar-refractivity contribution in [1.29, 1.82) is 0 Å². The highest BCUT2D eigenvalue weighted by Gasteiger charge is 2.10. The van der Waals surface area contributed by atoms with Crippen molar-refractivity contribution < 1.29 is 19.4 Å². The molecule has 16 heavy (non-hydrogen) atoms. The van der Waals surface area contributed by atoms with Crippen LogP contribution in [-0.4, -0.2) is 17.0 Å². The first-order valence-corrected chi connectivity index (χ1v) is 4.63. The van der Waals surface area contributed by atoms with Gasteiger partial charge in [-0.2, -0.15) is 0 Å². The number of carboxylic acid groups (broad SMARTS) is 1. The van der Waals surface area contributed by atoms with E-state index in [1.54, 1.807) is 13.8 Å². The summed E-state index contributed by atoms with van der Waals surface area (Å²) >= 11 is 0. The van der Waals surface area contributed by atoms with Crippen LogP contribution in [0.4, 0.5) is 0 Å². The molecule has 0 aliphatic rings. The van der Waals surface area contributed by atoms with Gasteiger partial charge in [0.05, 0.1) is 5.56 Å². The van der Waals surface area contributed by atoms with Crippen LogP contribution in [0.5, 0.6) is 5.75 Å². The fourth-order valence-corrected chi connectivity index (χ4v) is 1.08. The maximum absolute atomic E-state index is 11.2. The van der Waals surface area contributed by atoms with E-state index >= 15 is 0 Å². The van der Waals surface area contributed by atoms with Crippen LogP contribution < -0.4 is 4.74 Å². The Balaban J connectivity index is 2.96. The van der Waals surface area contributed by atoms with Gasteiger partial charge in [0, 0.05) is 5.57 Å². The van der Waals surface area contributed by atoms with Crippen molar-refractivity contribution in [3.05, 3.63) is 41.5 Å². The average molecular weight is 220 g/mol. The van der Waals surface area contributed by atoms with Crippen molar-refractivity contribution in [1.82, 2.24) is 0 Å². The predicted molar refractivity (Wildman–Crippen MR) is 58.6 cm³/mol. The minimum Gasteiger partial charge on any atom is -0.478 e. The number of carbonyl (C=O) groups is 2. The van der Waals surface area contributed by atoms with Gasteiger partial charge in [0.15, 0.2) is 0 Å². The van der Waals surface area contributed by atoms with E-state index in [0.717, 1.165) is 0 Å². The topological polar surface area (TPSA) is 63.6 Å². The second-order valence-electron chi connectivity index (χ2n) is 3.46. The summed E-state index contributed by atoms with van der Waals surface area (Å²) in [5.74, 6) is -1.19. The number of aryl methyl sites for hydroxylation is 1. The summed E-state index contributed by atoms with van der Waals surface area (Å²) < 4.78 is 5.01. The van der Waals surface area contributed by atoms with Crippen LogP contribution in [0.1, 0.15) is 22.8 Å². The zero-order valence-corrected chi connectivity index (χ0v) is 9.11. The molecule has 0 atom stereocenters. The molecule has 0 heterocycles. The Morgan fingerprint density at radius 2 is 2.00 bits per heavy atom. The van der Waals surface area contributed by atoms with Gasteiger partial charge in [-0.05, 0) is 37.6 Å². The second kappa shape index (κ2) is 4.61. The lowest BCUT2D eigenvalue weighted by Crippen LogP contribution is -2.09. The van der Waals surface area contributed by atoms with Crippen molar-refractivity contribution in [2.24, 2.45) is 0 Å². The molecule has 0 saturated carbocycles. The molecule has 0 aliphatic heterocycles. The fraction of sp³-hybridized carbons (Fsp3) is 0.167. The number of hydrogen-bond acceptors (Lipinski definition) is 3. The molecule has 4 heteroatoms. The first kappa shape index (κ1) is 12.0. The van der Waals surface area contributed by atoms with Gasteiger partial charge in [-0.15, -0.1) is 0 Å². The molecule has 1 N–H and O–H groups in total. The number of esters is 1. The number of benzene rings is 1. The molecule has 4 nitrogen and oxygen atoms in total. The highest BCUT2D eigenvalue weighted by molar-refractivity contribution is 5.90. The fourth-order valence-electron chi connectivity index (χ4n) is 1.08.